The van der Waals surface area contributed by atoms with Gasteiger partial charge in [0, 0.05) is 33.4 Å². The van der Waals surface area contributed by atoms with Crippen LogP contribution in [0.15, 0.2) is 109 Å². The van der Waals surface area contributed by atoms with Gasteiger partial charge in [0.15, 0.2) is 0 Å². The first-order chi connectivity index (χ1) is 24.4. The number of nitrogens with zero attached hydrogens (tertiary/aromatic N) is 4. The second-order valence-corrected chi connectivity index (χ2v) is 10.8. The molecule has 0 aliphatic rings. The molecule has 0 N–H and O–H groups in total. The monoisotopic (exact) mass is 666 g/mol. The maximum absolute atomic E-state index is 13.8. The van der Waals surface area contributed by atoms with Crippen molar-refractivity contribution in [2.75, 3.05) is 27.4 Å². The van der Waals surface area contributed by atoms with Gasteiger partial charge in [-0.25, -0.2) is 18.7 Å². The highest BCUT2D eigenvalue weighted by molar-refractivity contribution is 5.85. The molecule has 0 aliphatic heterocycles. The van der Waals surface area contributed by atoms with E-state index in [9.17, 15) is 19.3 Å². The summed E-state index contributed by atoms with van der Waals surface area (Å²) in [5.41, 5.74) is 5.15. The molecule has 0 atom stereocenters. The van der Waals surface area contributed by atoms with Crippen LogP contribution in [-0.2, 0) is 0 Å². The van der Waals surface area contributed by atoms with E-state index in [0.717, 1.165) is 0 Å². The van der Waals surface area contributed by atoms with Crippen molar-refractivity contribution in [2.24, 2.45) is 0 Å². The summed E-state index contributed by atoms with van der Waals surface area (Å²) in [6, 6.07) is 34.1. The van der Waals surface area contributed by atoms with Crippen LogP contribution < -0.4 is 18.9 Å². The van der Waals surface area contributed by atoms with Crippen molar-refractivity contribution in [3.05, 3.63) is 132 Å². The lowest BCUT2D eigenvalue weighted by atomic mass is 9.97. The first-order valence-electron chi connectivity index (χ1n) is 15.4. The van der Waals surface area contributed by atoms with E-state index in [1.807, 2.05) is 36.4 Å². The Balaban J connectivity index is 1.28. The van der Waals surface area contributed by atoms with Gasteiger partial charge in [-0.3, -0.25) is 0 Å². The Morgan fingerprint density at radius 1 is 0.580 bits per heavy atom. The minimum absolute atomic E-state index is 0.131. The van der Waals surface area contributed by atoms with Crippen LogP contribution in [0.4, 0.5) is 8.78 Å². The Labute approximate surface area is 287 Å². The van der Waals surface area contributed by atoms with E-state index in [-0.39, 0.29) is 47.7 Å². The molecule has 0 bridgehead atoms. The Hall–Kier alpha value is -6.78. The molecule has 10 heteroatoms. The van der Waals surface area contributed by atoms with Crippen LogP contribution in [0.3, 0.4) is 0 Å². The molecule has 0 fully saturated rings. The van der Waals surface area contributed by atoms with E-state index >= 15 is 0 Å². The molecule has 8 nitrogen and oxygen atoms in total. The van der Waals surface area contributed by atoms with Gasteiger partial charge in [-0.05, 0) is 72.8 Å². The van der Waals surface area contributed by atoms with Gasteiger partial charge >= 0.3 is 0 Å². The molecule has 6 aromatic rings. The number of hydrogen-bond acceptors (Lipinski definition) is 8. The van der Waals surface area contributed by atoms with E-state index in [0.29, 0.717) is 56.3 Å². The zero-order chi connectivity index (χ0) is 35.0. The van der Waals surface area contributed by atoms with Crippen molar-refractivity contribution in [3.63, 3.8) is 0 Å². The average Bonchev–Trinajstić information content (AvgIpc) is 3.16. The van der Waals surface area contributed by atoms with Crippen LogP contribution in [0.5, 0.6) is 23.3 Å². The Bertz CT molecular complexity index is 2250. The summed E-state index contributed by atoms with van der Waals surface area (Å²) in [4.78, 5) is 9.11. The van der Waals surface area contributed by atoms with E-state index in [2.05, 4.69) is 22.1 Å². The largest absolute Gasteiger partial charge is 0.489 e. The normalized spacial score (nSPS) is 10.5. The third-order valence-electron chi connectivity index (χ3n) is 7.80. The number of methoxy groups -OCH3 is 2. The molecule has 2 heterocycles. The van der Waals surface area contributed by atoms with Crippen molar-refractivity contribution in [1.82, 2.24) is 9.97 Å². The van der Waals surface area contributed by atoms with Crippen molar-refractivity contribution in [2.45, 2.75) is 0 Å². The highest BCUT2D eigenvalue weighted by Crippen LogP contribution is 2.40. The summed E-state index contributed by atoms with van der Waals surface area (Å²) in [6.07, 6.45) is 0. The molecule has 0 spiro atoms. The zero-order valence-corrected chi connectivity index (χ0v) is 27.0. The molecule has 0 aliphatic carbocycles. The Morgan fingerprint density at radius 2 is 1.12 bits per heavy atom. The number of hydrogen-bond donors (Lipinski definition) is 0. The van der Waals surface area contributed by atoms with E-state index in [1.165, 1.54) is 38.5 Å². The van der Waals surface area contributed by atoms with Crippen LogP contribution in [0.1, 0.15) is 11.1 Å². The van der Waals surface area contributed by atoms with E-state index < -0.39 is 0 Å². The number of benzene rings is 4. The first-order valence-corrected chi connectivity index (χ1v) is 15.4. The summed E-state index contributed by atoms with van der Waals surface area (Å²) in [5.74, 6) is 0.526. The molecule has 4 aromatic carbocycles. The highest BCUT2D eigenvalue weighted by Gasteiger charge is 2.20. The lowest BCUT2D eigenvalue weighted by Crippen LogP contribution is -2.10. The fourth-order valence-corrected chi connectivity index (χ4v) is 5.46. The van der Waals surface area contributed by atoms with Crippen LogP contribution in [0.2, 0.25) is 0 Å². The first kappa shape index (κ1) is 33.1. The summed E-state index contributed by atoms with van der Waals surface area (Å²) in [6.45, 7) is 0.271. The predicted octanol–water partition coefficient (Wildman–Crippen LogP) is 8.64. The number of pyridine rings is 2. The molecule has 0 radical (unpaired) electrons. The van der Waals surface area contributed by atoms with E-state index in [4.69, 9.17) is 18.9 Å². The highest BCUT2D eigenvalue weighted by atomic mass is 19.1. The summed E-state index contributed by atoms with van der Waals surface area (Å²) >= 11 is 0. The maximum Gasteiger partial charge on any atom is 0.232 e. The molecule has 0 unspecified atom stereocenters. The standard InChI is InChI=1S/C40H28F2N4O4/c1-47-39-27(23-43)21-33(38(46-39)26-13-17-29(42)18-14-26)31-8-4-6-10-37(31)50-20-19-49-36-9-5-3-7-30(36)32-22-35(25-11-15-28(41)16-12-25)45-40(48-2)34(32)24-44/h3-18,21-22H,19-20H2,1-2H3. The molecular weight excluding hydrogens is 638 g/mol. The summed E-state index contributed by atoms with van der Waals surface area (Å²) < 4.78 is 50.7. The summed E-state index contributed by atoms with van der Waals surface area (Å²) in [5, 5.41) is 19.9. The number of aromatic nitrogens is 2. The predicted molar refractivity (Wildman–Crippen MR) is 184 cm³/mol. The number of nitriles is 2. The second-order valence-electron chi connectivity index (χ2n) is 10.8. The number of halogens is 2. The van der Waals surface area contributed by atoms with Gasteiger partial charge in [-0.2, -0.15) is 10.5 Å². The molecule has 2 aromatic heterocycles. The van der Waals surface area contributed by atoms with Gasteiger partial charge in [0.1, 0.15) is 59.6 Å². The molecule has 0 amide bonds. The van der Waals surface area contributed by atoms with Gasteiger partial charge < -0.3 is 18.9 Å². The zero-order valence-electron chi connectivity index (χ0n) is 27.0. The summed E-state index contributed by atoms with van der Waals surface area (Å²) in [7, 11) is 2.87. The van der Waals surface area contributed by atoms with Crippen LogP contribution in [0.25, 0.3) is 44.8 Å². The quantitative estimate of drug-likeness (QED) is 0.126. The van der Waals surface area contributed by atoms with Crippen LogP contribution in [-0.4, -0.2) is 37.4 Å². The molecule has 50 heavy (non-hydrogen) atoms. The van der Waals surface area contributed by atoms with Crippen molar-refractivity contribution in [3.8, 4) is 80.2 Å². The van der Waals surface area contributed by atoms with E-state index in [1.54, 1.807) is 48.5 Å². The minimum Gasteiger partial charge on any atom is -0.489 e. The fourth-order valence-electron chi connectivity index (χ4n) is 5.46. The van der Waals surface area contributed by atoms with Crippen molar-refractivity contribution < 1.29 is 27.7 Å². The fraction of sp³-hybridized carbons (Fsp3) is 0.100. The van der Waals surface area contributed by atoms with Gasteiger partial charge in [0.25, 0.3) is 0 Å². The topological polar surface area (TPSA) is 110 Å². The van der Waals surface area contributed by atoms with Gasteiger partial charge in [-0.15, -0.1) is 0 Å². The van der Waals surface area contributed by atoms with Gasteiger partial charge in [0.2, 0.25) is 11.8 Å². The number of ether oxygens (including phenoxy) is 4. The minimum atomic E-state index is -0.388. The molecule has 0 saturated carbocycles. The Morgan fingerprint density at radius 3 is 1.66 bits per heavy atom. The molecule has 0 saturated heterocycles. The van der Waals surface area contributed by atoms with Crippen LogP contribution >= 0.6 is 0 Å². The molecule has 6 rings (SSSR count). The van der Waals surface area contributed by atoms with Gasteiger partial charge in [0.05, 0.1) is 25.6 Å². The Kier molecular flexibility index (Phi) is 9.92. The third kappa shape index (κ3) is 6.91. The smallest absolute Gasteiger partial charge is 0.232 e. The lowest BCUT2D eigenvalue weighted by molar-refractivity contribution is 0.218. The molecule has 246 valence electrons. The van der Waals surface area contributed by atoms with Crippen molar-refractivity contribution in [1.29, 1.82) is 10.5 Å². The molecular formula is C40H28F2N4O4. The lowest BCUT2D eigenvalue weighted by Gasteiger charge is -2.17. The van der Waals surface area contributed by atoms with Crippen LogP contribution in [0, 0.1) is 34.3 Å². The van der Waals surface area contributed by atoms with Crippen molar-refractivity contribution >= 4 is 0 Å². The SMILES string of the molecule is COc1nc(-c2ccc(F)cc2)c(-c2ccccc2OCCOc2ccccc2-c2cc(-c3ccc(F)cc3)nc(OC)c2C#N)cc1C#N. The maximum atomic E-state index is 13.8. The number of para-hydroxylation sites is 2. The second kappa shape index (κ2) is 15.0. The van der Waals surface area contributed by atoms with Gasteiger partial charge in [-0.1, -0.05) is 36.4 Å². The third-order valence-corrected chi connectivity index (χ3v) is 7.80. The number of rotatable bonds is 11. The average molecular weight is 667 g/mol.